The summed E-state index contributed by atoms with van der Waals surface area (Å²) in [6.07, 6.45) is 3.34. The van der Waals surface area contributed by atoms with Gasteiger partial charge in [-0.1, -0.05) is 12.1 Å². The number of rotatable bonds is 7. The molecule has 2 N–H and O–H groups in total. The number of nitrogens with one attached hydrogen (secondary N) is 2. The highest BCUT2D eigenvalue weighted by atomic mass is 16.5. The van der Waals surface area contributed by atoms with Gasteiger partial charge < -0.3 is 19.5 Å². The Bertz CT molecular complexity index is 721. The van der Waals surface area contributed by atoms with Gasteiger partial charge in [0.1, 0.15) is 12.4 Å². The Kier molecular flexibility index (Phi) is 6.25. The first kappa shape index (κ1) is 18.4. The SMILES string of the molecule is COc1ccc(-c2c(NC(=O)COCC3CCCCO3)n[nH]c2C)cc1. The number of benzene rings is 1. The number of carbonyl (C=O) groups excluding carboxylic acids is 1. The zero-order valence-corrected chi connectivity index (χ0v) is 15.2. The summed E-state index contributed by atoms with van der Waals surface area (Å²) in [5.74, 6) is 1.04. The van der Waals surface area contributed by atoms with Crippen molar-refractivity contribution in [3.63, 3.8) is 0 Å². The molecule has 1 atom stereocenters. The van der Waals surface area contributed by atoms with Crippen molar-refractivity contribution in [2.24, 2.45) is 0 Å². The molecule has 0 radical (unpaired) electrons. The van der Waals surface area contributed by atoms with Crippen LogP contribution in [-0.4, -0.2) is 49.1 Å². The molecular formula is C19H25N3O4. The van der Waals surface area contributed by atoms with Crippen LogP contribution in [-0.2, 0) is 14.3 Å². The topological polar surface area (TPSA) is 85.5 Å². The van der Waals surface area contributed by atoms with Gasteiger partial charge in [-0.05, 0) is 43.9 Å². The van der Waals surface area contributed by atoms with E-state index in [0.717, 1.165) is 48.4 Å². The highest BCUT2D eigenvalue weighted by Crippen LogP contribution is 2.30. The van der Waals surface area contributed by atoms with E-state index in [1.54, 1.807) is 7.11 Å². The van der Waals surface area contributed by atoms with Crippen molar-refractivity contribution in [2.75, 3.05) is 32.2 Å². The fourth-order valence-corrected chi connectivity index (χ4v) is 3.02. The molecule has 140 valence electrons. The minimum absolute atomic E-state index is 0.0200. The normalized spacial score (nSPS) is 17.1. The molecule has 7 nitrogen and oxygen atoms in total. The van der Waals surface area contributed by atoms with Gasteiger partial charge in [0.15, 0.2) is 5.82 Å². The van der Waals surface area contributed by atoms with E-state index in [4.69, 9.17) is 14.2 Å². The predicted molar refractivity (Wildman–Crippen MR) is 98.4 cm³/mol. The summed E-state index contributed by atoms with van der Waals surface area (Å²) >= 11 is 0. The Balaban J connectivity index is 1.58. The first-order valence-corrected chi connectivity index (χ1v) is 8.86. The van der Waals surface area contributed by atoms with Gasteiger partial charge in [0, 0.05) is 17.9 Å². The minimum atomic E-state index is -0.234. The Labute approximate surface area is 153 Å². The standard InChI is InChI=1S/C19H25N3O4/c1-13-18(14-6-8-15(24-2)9-7-14)19(22-21-13)20-17(23)12-25-11-16-5-3-4-10-26-16/h6-9,16H,3-5,10-12H2,1-2H3,(H2,20,21,22,23). The summed E-state index contributed by atoms with van der Waals surface area (Å²) in [5.41, 5.74) is 2.68. The molecule has 26 heavy (non-hydrogen) atoms. The Hall–Kier alpha value is -2.38. The highest BCUT2D eigenvalue weighted by molar-refractivity contribution is 5.95. The number of aryl methyl sites for hydroxylation is 1. The third-order valence-corrected chi connectivity index (χ3v) is 4.39. The Morgan fingerprint density at radius 2 is 2.15 bits per heavy atom. The number of methoxy groups -OCH3 is 1. The maximum Gasteiger partial charge on any atom is 0.251 e. The van der Waals surface area contributed by atoms with Gasteiger partial charge in [0.05, 0.1) is 19.8 Å². The van der Waals surface area contributed by atoms with E-state index in [2.05, 4.69) is 15.5 Å². The first-order valence-electron chi connectivity index (χ1n) is 8.86. The van der Waals surface area contributed by atoms with Crippen LogP contribution in [0.1, 0.15) is 25.0 Å². The molecular weight excluding hydrogens is 334 g/mol. The average molecular weight is 359 g/mol. The number of aromatic amines is 1. The van der Waals surface area contributed by atoms with Gasteiger partial charge in [0.2, 0.25) is 0 Å². The lowest BCUT2D eigenvalue weighted by Gasteiger charge is -2.22. The molecule has 1 amide bonds. The van der Waals surface area contributed by atoms with E-state index in [1.165, 1.54) is 0 Å². The molecule has 1 fully saturated rings. The fourth-order valence-electron chi connectivity index (χ4n) is 3.02. The van der Waals surface area contributed by atoms with E-state index in [-0.39, 0.29) is 18.6 Å². The predicted octanol–water partition coefficient (Wildman–Crippen LogP) is 2.92. The van der Waals surface area contributed by atoms with Crippen LogP contribution in [0.3, 0.4) is 0 Å². The van der Waals surface area contributed by atoms with Crippen LogP contribution in [0.25, 0.3) is 11.1 Å². The number of nitrogens with zero attached hydrogens (tertiary/aromatic N) is 1. The van der Waals surface area contributed by atoms with Crippen molar-refractivity contribution in [1.82, 2.24) is 10.2 Å². The summed E-state index contributed by atoms with van der Waals surface area (Å²) in [6.45, 7) is 3.11. The number of carbonyl (C=O) groups is 1. The lowest BCUT2D eigenvalue weighted by atomic mass is 10.1. The molecule has 2 aromatic rings. The summed E-state index contributed by atoms with van der Waals surface area (Å²) < 4.78 is 16.3. The van der Waals surface area contributed by atoms with Crippen molar-refractivity contribution in [3.05, 3.63) is 30.0 Å². The molecule has 0 bridgehead atoms. The van der Waals surface area contributed by atoms with Gasteiger partial charge in [-0.25, -0.2) is 0 Å². The molecule has 7 heteroatoms. The number of hydrogen-bond donors (Lipinski definition) is 2. The van der Waals surface area contributed by atoms with Gasteiger partial charge in [-0.15, -0.1) is 0 Å². The molecule has 0 saturated carbocycles. The molecule has 0 spiro atoms. The lowest BCUT2D eigenvalue weighted by molar-refractivity contribution is -0.122. The summed E-state index contributed by atoms with van der Waals surface area (Å²) in [7, 11) is 1.63. The van der Waals surface area contributed by atoms with E-state index < -0.39 is 0 Å². The largest absolute Gasteiger partial charge is 0.497 e. The van der Waals surface area contributed by atoms with Crippen molar-refractivity contribution in [2.45, 2.75) is 32.3 Å². The Morgan fingerprint density at radius 1 is 1.35 bits per heavy atom. The zero-order valence-electron chi connectivity index (χ0n) is 15.2. The van der Waals surface area contributed by atoms with Gasteiger partial charge in [0.25, 0.3) is 5.91 Å². The van der Waals surface area contributed by atoms with Crippen molar-refractivity contribution >= 4 is 11.7 Å². The smallest absolute Gasteiger partial charge is 0.251 e. The number of H-pyrrole nitrogens is 1. The molecule has 0 aliphatic carbocycles. The molecule has 1 aliphatic heterocycles. The second-order valence-electron chi connectivity index (χ2n) is 6.35. The molecule has 1 aromatic carbocycles. The van der Waals surface area contributed by atoms with E-state index in [9.17, 15) is 4.79 Å². The number of anilines is 1. The van der Waals surface area contributed by atoms with Crippen molar-refractivity contribution < 1.29 is 19.0 Å². The van der Waals surface area contributed by atoms with E-state index >= 15 is 0 Å². The average Bonchev–Trinajstić information content (AvgIpc) is 3.03. The van der Waals surface area contributed by atoms with Crippen LogP contribution in [0.15, 0.2) is 24.3 Å². The summed E-state index contributed by atoms with van der Waals surface area (Å²) in [4.78, 5) is 12.2. The highest BCUT2D eigenvalue weighted by Gasteiger charge is 2.17. The quantitative estimate of drug-likeness (QED) is 0.794. The van der Waals surface area contributed by atoms with E-state index in [0.29, 0.717) is 12.4 Å². The van der Waals surface area contributed by atoms with Crippen LogP contribution in [0.4, 0.5) is 5.82 Å². The second-order valence-corrected chi connectivity index (χ2v) is 6.35. The third-order valence-electron chi connectivity index (χ3n) is 4.39. The van der Waals surface area contributed by atoms with E-state index in [1.807, 2.05) is 31.2 Å². The molecule has 1 aliphatic rings. The van der Waals surface area contributed by atoms with Crippen molar-refractivity contribution in [1.29, 1.82) is 0 Å². The molecule has 3 rings (SSSR count). The summed E-state index contributed by atoms with van der Waals surface area (Å²) in [6, 6.07) is 7.62. The van der Waals surface area contributed by atoms with Crippen LogP contribution in [0, 0.1) is 6.92 Å². The van der Waals surface area contributed by atoms with Crippen molar-refractivity contribution in [3.8, 4) is 16.9 Å². The number of aromatic nitrogens is 2. The van der Waals surface area contributed by atoms with Gasteiger partial charge in [-0.2, -0.15) is 5.10 Å². The Morgan fingerprint density at radius 3 is 2.85 bits per heavy atom. The van der Waals surface area contributed by atoms with Gasteiger partial charge >= 0.3 is 0 Å². The maximum atomic E-state index is 12.2. The van der Waals surface area contributed by atoms with Gasteiger partial charge in [-0.3, -0.25) is 9.89 Å². The van der Waals surface area contributed by atoms with Crippen LogP contribution in [0.2, 0.25) is 0 Å². The van der Waals surface area contributed by atoms with Crippen LogP contribution >= 0.6 is 0 Å². The number of hydrogen-bond acceptors (Lipinski definition) is 5. The summed E-state index contributed by atoms with van der Waals surface area (Å²) in [5, 5.41) is 9.94. The molecule has 1 saturated heterocycles. The number of ether oxygens (including phenoxy) is 3. The second kappa shape index (κ2) is 8.82. The first-order chi connectivity index (χ1) is 12.7. The molecule has 1 unspecified atom stereocenters. The number of amides is 1. The van der Waals surface area contributed by atoms with Crippen LogP contribution in [0.5, 0.6) is 5.75 Å². The fraction of sp³-hybridized carbons (Fsp3) is 0.474. The zero-order chi connectivity index (χ0) is 18.4. The monoisotopic (exact) mass is 359 g/mol. The third kappa shape index (κ3) is 4.62. The van der Waals surface area contributed by atoms with Crippen LogP contribution < -0.4 is 10.1 Å². The minimum Gasteiger partial charge on any atom is -0.497 e. The lowest BCUT2D eigenvalue weighted by Crippen LogP contribution is -2.27. The maximum absolute atomic E-state index is 12.2. The molecule has 1 aromatic heterocycles. The molecule has 2 heterocycles.